The van der Waals surface area contributed by atoms with Crippen molar-refractivity contribution in [3.63, 3.8) is 0 Å². The molecule has 0 unspecified atom stereocenters. The lowest BCUT2D eigenvalue weighted by Gasteiger charge is -2.19. The molecule has 0 atom stereocenters. The van der Waals surface area contributed by atoms with E-state index < -0.39 is 0 Å². The number of fused-ring (bicyclic) bond motifs is 1. The van der Waals surface area contributed by atoms with Crippen LogP contribution in [0.2, 0.25) is 0 Å². The van der Waals surface area contributed by atoms with Crippen molar-refractivity contribution in [3.8, 4) is 0 Å². The molecule has 2 heterocycles. The zero-order valence-corrected chi connectivity index (χ0v) is 14.4. The number of nitrogens with zero attached hydrogens (tertiary/aromatic N) is 3. The largest absolute Gasteiger partial charge is 0.351 e. The summed E-state index contributed by atoms with van der Waals surface area (Å²) in [6.45, 7) is 5.56. The third-order valence-corrected chi connectivity index (χ3v) is 4.29. The van der Waals surface area contributed by atoms with Gasteiger partial charge < -0.3 is 10.2 Å². The van der Waals surface area contributed by atoms with E-state index in [9.17, 15) is 4.79 Å². The molecular formula is C19H24N4O. The van der Waals surface area contributed by atoms with E-state index >= 15 is 0 Å². The predicted octanol–water partition coefficient (Wildman–Crippen LogP) is 3.40. The fourth-order valence-electron chi connectivity index (χ4n) is 3.05. The highest BCUT2D eigenvalue weighted by atomic mass is 16.1. The molecule has 24 heavy (non-hydrogen) atoms. The van der Waals surface area contributed by atoms with Gasteiger partial charge in [-0.05, 0) is 31.4 Å². The molecule has 0 bridgehead atoms. The molecule has 0 spiro atoms. The summed E-state index contributed by atoms with van der Waals surface area (Å²) in [4.78, 5) is 23.4. The van der Waals surface area contributed by atoms with Crippen molar-refractivity contribution in [1.29, 1.82) is 0 Å². The number of amides is 1. The molecule has 1 aliphatic rings. The molecule has 0 fully saturated rings. The number of carbonyl (C=O) groups excluding carboxylic acids is 1. The van der Waals surface area contributed by atoms with E-state index in [0.29, 0.717) is 18.1 Å². The summed E-state index contributed by atoms with van der Waals surface area (Å²) in [5, 5.41) is 2.95. The van der Waals surface area contributed by atoms with Crippen LogP contribution in [0.5, 0.6) is 0 Å². The predicted molar refractivity (Wildman–Crippen MR) is 95.8 cm³/mol. The lowest BCUT2D eigenvalue weighted by Crippen LogP contribution is -2.26. The zero-order chi connectivity index (χ0) is 16.9. The van der Waals surface area contributed by atoms with Gasteiger partial charge in [0.15, 0.2) is 0 Å². The molecule has 1 aromatic heterocycles. The number of carbonyl (C=O) groups is 1. The number of benzene rings is 1. The van der Waals surface area contributed by atoms with Crippen molar-refractivity contribution in [3.05, 3.63) is 47.4 Å². The fourth-order valence-corrected chi connectivity index (χ4v) is 3.05. The number of nitrogens with one attached hydrogen (secondary N) is 1. The maximum absolute atomic E-state index is 12.4. The number of hydrogen-bond acceptors (Lipinski definition) is 4. The van der Waals surface area contributed by atoms with Crippen LogP contribution in [-0.4, -0.2) is 29.0 Å². The van der Waals surface area contributed by atoms with E-state index in [2.05, 4.69) is 45.3 Å². The molecule has 5 nitrogen and oxygen atoms in total. The Morgan fingerprint density at radius 1 is 1.25 bits per heavy atom. The average molecular weight is 324 g/mol. The summed E-state index contributed by atoms with van der Waals surface area (Å²) in [7, 11) is 0. The first-order chi connectivity index (χ1) is 11.7. The lowest BCUT2D eigenvalue weighted by atomic mass is 10.2. The van der Waals surface area contributed by atoms with Crippen molar-refractivity contribution in [2.75, 3.05) is 18.0 Å². The number of aryl methyl sites for hydroxylation is 1. The third kappa shape index (κ3) is 3.55. The minimum atomic E-state index is -0.120. The molecule has 5 heteroatoms. The summed E-state index contributed by atoms with van der Waals surface area (Å²) >= 11 is 0. The third-order valence-electron chi connectivity index (χ3n) is 4.29. The highest BCUT2D eigenvalue weighted by Crippen LogP contribution is 2.33. The summed E-state index contributed by atoms with van der Waals surface area (Å²) in [5.41, 5.74) is 2.93. The Bertz CT molecular complexity index is 729. The molecule has 1 amide bonds. The second-order valence-corrected chi connectivity index (χ2v) is 6.15. The van der Waals surface area contributed by atoms with E-state index in [1.165, 1.54) is 11.3 Å². The molecule has 2 aromatic rings. The fraction of sp³-hybridized carbons (Fsp3) is 0.421. The van der Waals surface area contributed by atoms with Gasteiger partial charge in [0.2, 0.25) is 0 Å². The Balaban J connectivity index is 1.79. The highest BCUT2D eigenvalue weighted by molar-refractivity contribution is 5.93. The smallest absolute Gasteiger partial charge is 0.270 e. The quantitative estimate of drug-likeness (QED) is 0.827. The van der Waals surface area contributed by atoms with Crippen molar-refractivity contribution in [1.82, 2.24) is 15.3 Å². The van der Waals surface area contributed by atoms with Crippen LogP contribution in [0.4, 0.5) is 11.5 Å². The number of hydrogen-bond donors (Lipinski definition) is 1. The minimum absolute atomic E-state index is 0.120. The standard InChI is InChI=1S/C19H24N4O/c1-3-4-7-11-20-19(24)16-13-18(22-14(2)21-16)23-12-10-15-8-5-6-9-17(15)23/h5-6,8-9,13H,3-4,7,10-12H2,1-2H3,(H,20,24). The van der Waals surface area contributed by atoms with E-state index in [-0.39, 0.29) is 5.91 Å². The molecule has 126 valence electrons. The van der Waals surface area contributed by atoms with Gasteiger partial charge in [0.05, 0.1) is 0 Å². The summed E-state index contributed by atoms with van der Waals surface area (Å²) in [5.74, 6) is 1.30. The van der Waals surface area contributed by atoms with Gasteiger partial charge in [0, 0.05) is 24.8 Å². The van der Waals surface area contributed by atoms with E-state index in [4.69, 9.17) is 0 Å². The summed E-state index contributed by atoms with van der Waals surface area (Å²) in [6.07, 6.45) is 4.26. The molecular weight excluding hydrogens is 300 g/mol. The van der Waals surface area contributed by atoms with Crippen LogP contribution in [-0.2, 0) is 6.42 Å². The van der Waals surface area contributed by atoms with Crippen molar-refractivity contribution in [2.24, 2.45) is 0 Å². The zero-order valence-electron chi connectivity index (χ0n) is 14.4. The maximum atomic E-state index is 12.4. The van der Waals surface area contributed by atoms with Crippen molar-refractivity contribution in [2.45, 2.75) is 39.5 Å². The Hall–Kier alpha value is -2.43. The van der Waals surface area contributed by atoms with Crippen LogP contribution in [0, 0.1) is 6.92 Å². The van der Waals surface area contributed by atoms with Crippen molar-refractivity contribution < 1.29 is 4.79 Å². The minimum Gasteiger partial charge on any atom is -0.351 e. The van der Waals surface area contributed by atoms with E-state index in [0.717, 1.165) is 38.0 Å². The number of rotatable bonds is 6. The normalized spacial score (nSPS) is 13.0. The topological polar surface area (TPSA) is 58.1 Å². The van der Waals surface area contributed by atoms with Gasteiger partial charge in [-0.25, -0.2) is 9.97 Å². The highest BCUT2D eigenvalue weighted by Gasteiger charge is 2.22. The second kappa shape index (κ2) is 7.43. The SMILES string of the molecule is CCCCCNC(=O)c1cc(N2CCc3ccccc32)nc(C)n1. The van der Waals surface area contributed by atoms with Gasteiger partial charge in [-0.2, -0.15) is 0 Å². The first kappa shape index (κ1) is 16.4. The van der Waals surface area contributed by atoms with Crippen LogP contribution >= 0.6 is 0 Å². The molecule has 0 aliphatic carbocycles. The van der Waals surface area contributed by atoms with Gasteiger partial charge in [0.1, 0.15) is 17.3 Å². The van der Waals surface area contributed by atoms with Crippen molar-refractivity contribution >= 4 is 17.4 Å². The summed E-state index contributed by atoms with van der Waals surface area (Å²) < 4.78 is 0. The Morgan fingerprint density at radius 2 is 2.08 bits per heavy atom. The molecule has 1 aromatic carbocycles. The van der Waals surface area contributed by atoms with Gasteiger partial charge in [0.25, 0.3) is 5.91 Å². The first-order valence-electron chi connectivity index (χ1n) is 8.68. The number of aromatic nitrogens is 2. The maximum Gasteiger partial charge on any atom is 0.270 e. The monoisotopic (exact) mass is 324 g/mol. The number of unbranched alkanes of at least 4 members (excludes halogenated alkanes) is 2. The molecule has 3 rings (SSSR count). The number of anilines is 2. The van der Waals surface area contributed by atoms with Gasteiger partial charge in [-0.15, -0.1) is 0 Å². The van der Waals surface area contributed by atoms with Gasteiger partial charge >= 0.3 is 0 Å². The van der Waals surface area contributed by atoms with Crippen LogP contribution in [0.3, 0.4) is 0 Å². The summed E-state index contributed by atoms with van der Waals surface area (Å²) in [6, 6.07) is 10.1. The van der Waals surface area contributed by atoms with Crippen LogP contribution in [0.15, 0.2) is 30.3 Å². The van der Waals surface area contributed by atoms with Crippen LogP contribution in [0.1, 0.15) is 48.1 Å². The molecule has 0 saturated heterocycles. The first-order valence-corrected chi connectivity index (χ1v) is 8.68. The van der Waals surface area contributed by atoms with E-state index in [1.807, 2.05) is 13.0 Å². The molecule has 0 saturated carbocycles. The Kier molecular flexibility index (Phi) is 5.08. The molecule has 0 radical (unpaired) electrons. The number of para-hydroxylation sites is 1. The molecule has 1 aliphatic heterocycles. The second-order valence-electron chi connectivity index (χ2n) is 6.15. The van der Waals surface area contributed by atoms with Crippen LogP contribution in [0.25, 0.3) is 0 Å². The van der Waals surface area contributed by atoms with Crippen LogP contribution < -0.4 is 10.2 Å². The van der Waals surface area contributed by atoms with Gasteiger partial charge in [-0.3, -0.25) is 4.79 Å². The van der Waals surface area contributed by atoms with Gasteiger partial charge in [-0.1, -0.05) is 38.0 Å². The average Bonchev–Trinajstić information content (AvgIpc) is 3.02. The lowest BCUT2D eigenvalue weighted by molar-refractivity contribution is 0.0947. The Morgan fingerprint density at radius 3 is 2.92 bits per heavy atom. The Labute approximate surface area is 143 Å². The molecule has 1 N–H and O–H groups in total. The van der Waals surface area contributed by atoms with E-state index in [1.54, 1.807) is 6.07 Å².